The van der Waals surface area contributed by atoms with Crippen molar-refractivity contribution in [2.24, 2.45) is 9.85 Å². The number of anilines is 1. The Kier molecular flexibility index (Phi) is 6.21. The van der Waals surface area contributed by atoms with E-state index in [1.807, 2.05) is 72.9 Å². The minimum Gasteiger partial charge on any atom is -0.317 e. The summed E-state index contributed by atoms with van der Waals surface area (Å²) in [4.78, 5) is 11.0. The maximum atomic E-state index is 11.4. The van der Waals surface area contributed by atoms with Crippen LogP contribution in [0.2, 0.25) is 0 Å². The van der Waals surface area contributed by atoms with Crippen LogP contribution in [0.3, 0.4) is 0 Å². The summed E-state index contributed by atoms with van der Waals surface area (Å²) < 4.78 is 9.85. The molecule has 1 aliphatic rings. The Labute approximate surface area is 226 Å². The van der Waals surface area contributed by atoms with Gasteiger partial charge in [0.2, 0.25) is 0 Å². The first-order valence-electron chi connectivity index (χ1n) is 12.6. The second-order valence-electron chi connectivity index (χ2n) is 9.28. The molecule has 6 rings (SSSR count). The standard InChI is InChI=1S/C31H26N5O2P/c1-23-30-22-32-35(27-14-8-4-9-15-27)39(29-16-10-5-11-17-29,33-25-18-20-28(21-19-25)36(37)38)31(30)24(2)34(23)26-12-6-3-7-13-26/h3-22H,1-2H3. The molecule has 0 saturated carbocycles. The second-order valence-corrected chi connectivity index (χ2v) is 12.0. The van der Waals surface area contributed by atoms with Crippen molar-refractivity contribution < 1.29 is 4.92 Å². The van der Waals surface area contributed by atoms with Crippen LogP contribution in [0.4, 0.5) is 17.1 Å². The number of nitro benzene ring substituents is 1. The molecule has 7 nitrogen and oxygen atoms in total. The molecule has 1 unspecified atom stereocenters. The summed E-state index contributed by atoms with van der Waals surface area (Å²) in [6.45, 7) is 4.26. The zero-order valence-electron chi connectivity index (χ0n) is 21.5. The van der Waals surface area contributed by atoms with Crippen LogP contribution in [-0.4, -0.2) is 15.7 Å². The molecule has 5 aromatic rings. The molecule has 1 aliphatic heterocycles. The van der Waals surface area contributed by atoms with Crippen LogP contribution in [0.5, 0.6) is 0 Å². The van der Waals surface area contributed by atoms with Crippen LogP contribution in [0.25, 0.3) is 5.69 Å². The third-order valence-corrected chi connectivity index (χ3v) is 10.6. The van der Waals surface area contributed by atoms with Crippen molar-refractivity contribution in [2.45, 2.75) is 13.8 Å². The fraction of sp³-hybridized carbons (Fsp3) is 0.0645. The number of rotatable bonds is 5. The van der Waals surface area contributed by atoms with E-state index in [1.54, 1.807) is 12.1 Å². The SMILES string of the molecule is Cc1c2c(c(C)n1-c1ccccc1)P(=Nc1ccc([N+](=O)[O-])cc1)(c1ccccc1)N(c1ccccc1)N=C2. The first kappa shape index (κ1) is 24.6. The predicted molar refractivity (Wildman–Crippen MR) is 160 cm³/mol. The molecular weight excluding hydrogens is 505 g/mol. The van der Waals surface area contributed by atoms with E-state index in [0.29, 0.717) is 5.69 Å². The molecule has 0 amide bonds. The molecule has 0 spiro atoms. The van der Waals surface area contributed by atoms with Gasteiger partial charge in [0.15, 0.2) is 0 Å². The Balaban J connectivity index is 1.74. The molecule has 0 radical (unpaired) electrons. The number of hydrogen-bond donors (Lipinski definition) is 0. The van der Waals surface area contributed by atoms with Crippen molar-refractivity contribution in [1.82, 2.24) is 4.57 Å². The molecule has 2 heterocycles. The van der Waals surface area contributed by atoms with E-state index in [0.717, 1.165) is 38.9 Å². The van der Waals surface area contributed by atoms with Crippen LogP contribution >= 0.6 is 7.21 Å². The lowest BCUT2D eigenvalue weighted by atomic mass is 10.2. The van der Waals surface area contributed by atoms with Gasteiger partial charge in [-0.25, -0.2) is 9.52 Å². The first-order chi connectivity index (χ1) is 19.0. The highest BCUT2D eigenvalue weighted by atomic mass is 31.2. The van der Waals surface area contributed by atoms with E-state index in [4.69, 9.17) is 9.85 Å². The Morgan fingerprint density at radius 1 is 0.744 bits per heavy atom. The zero-order chi connectivity index (χ0) is 27.0. The number of nitro groups is 1. The van der Waals surface area contributed by atoms with Gasteiger partial charge in [-0.1, -0.05) is 66.7 Å². The van der Waals surface area contributed by atoms with Crippen LogP contribution in [-0.2, 0) is 0 Å². The molecule has 192 valence electrons. The maximum absolute atomic E-state index is 11.4. The number of nitrogens with zero attached hydrogens (tertiary/aromatic N) is 5. The lowest BCUT2D eigenvalue weighted by Crippen LogP contribution is -2.34. The number of para-hydroxylation sites is 2. The topological polar surface area (TPSA) is 76.0 Å². The number of benzene rings is 4. The summed E-state index contributed by atoms with van der Waals surface area (Å²) in [5, 5.41) is 18.6. The van der Waals surface area contributed by atoms with Crippen molar-refractivity contribution in [3.05, 3.63) is 142 Å². The smallest absolute Gasteiger partial charge is 0.269 e. The van der Waals surface area contributed by atoms with Gasteiger partial charge in [-0.15, -0.1) is 0 Å². The fourth-order valence-corrected chi connectivity index (χ4v) is 9.06. The highest BCUT2D eigenvalue weighted by molar-refractivity contribution is 7.82. The lowest BCUT2D eigenvalue weighted by molar-refractivity contribution is -0.384. The van der Waals surface area contributed by atoms with Crippen LogP contribution in [0, 0.1) is 24.0 Å². The van der Waals surface area contributed by atoms with Gasteiger partial charge >= 0.3 is 0 Å². The van der Waals surface area contributed by atoms with Crippen molar-refractivity contribution in [1.29, 1.82) is 0 Å². The molecule has 4 aromatic carbocycles. The number of non-ortho nitro benzene ring substituents is 1. The Morgan fingerprint density at radius 2 is 1.31 bits per heavy atom. The first-order valence-corrected chi connectivity index (χ1v) is 14.3. The summed E-state index contributed by atoms with van der Waals surface area (Å²) in [5.74, 6) is 0. The van der Waals surface area contributed by atoms with Crippen molar-refractivity contribution in [3.8, 4) is 5.69 Å². The van der Waals surface area contributed by atoms with Gasteiger partial charge in [0.05, 0.1) is 22.5 Å². The molecule has 0 aliphatic carbocycles. The molecule has 1 atom stereocenters. The fourth-order valence-electron chi connectivity index (χ4n) is 5.27. The number of fused-ring (bicyclic) bond motifs is 1. The summed E-state index contributed by atoms with van der Waals surface area (Å²) in [6.07, 6.45) is 1.94. The summed E-state index contributed by atoms with van der Waals surface area (Å²) >= 11 is 0. The molecule has 0 N–H and O–H groups in total. The van der Waals surface area contributed by atoms with Crippen LogP contribution in [0.1, 0.15) is 17.0 Å². The zero-order valence-corrected chi connectivity index (χ0v) is 22.4. The van der Waals surface area contributed by atoms with Crippen molar-refractivity contribution in [2.75, 3.05) is 4.78 Å². The third-order valence-electron chi connectivity index (χ3n) is 6.98. The number of hydrogen-bond acceptors (Lipinski definition) is 4. The normalized spacial score (nSPS) is 16.1. The van der Waals surface area contributed by atoms with Crippen LogP contribution < -0.4 is 15.4 Å². The maximum Gasteiger partial charge on any atom is 0.269 e. The highest BCUT2D eigenvalue weighted by Gasteiger charge is 2.41. The van der Waals surface area contributed by atoms with Gasteiger partial charge in [0.1, 0.15) is 7.21 Å². The average Bonchev–Trinajstić information content (AvgIpc) is 3.24. The summed E-state index contributed by atoms with van der Waals surface area (Å²) in [6, 6.07) is 37.1. The quantitative estimate of drug-likeness (QED) is 0.136. The van der Waals surface area contributed by atoms with E-state index in [1.165, 1.54) is 12.1 Å². The molecule has 8 heteroatoms. The molecule has 1 aromatic heterocycles. The van der Waals surface area contributed by atoms with Gasteiger partial charge in [0, 0.05) is 45.4 Å². The lowest BCUT2D eigenvalue weighted by Gasteiger charge is -2.38. The Bertz CT molecular complexity index is 1750. The monoisotopic (exact) mass is 531 g/mol. The average molecular weight is 532 g/mol. The Hall–Kier alpha value is -4.74. The molecule has 0 saturated heterocycles. The molecule has 0 bridgehead atoms. The van der Waals surface area contributed by atoms with Gasteiger partial charge < -0.3 is 4.57 Å². The van der Waals surface area contributed by atoms with Crippen molar-refractivity contribution in [3.63, 3.8) is 0 Å². The summed E-state index contributed by atoms with van der Waals surface area (Å²) in [7, 11) is -2.82. The number of hydrazone groups is 1. The minimum absolute atomic E-state index is 0.0329. The van der Waals surface area contributed by atoms with Gasteiger partial charge in [0.25, 0.3) is 5.69 Å². The Morgan fingerprint density at radius 3 is 1.90 bits per heavy atom. The van der Waals surface area contributed by atoms with E-state index >= 15 is 0 Å². The minimum atomic E-state index is -2.82. The summed E-state index contributed by atoms with van der Waals surface area (Å²) in [5.41, 5.74) is 5.91. The predicted octanol–water partition coefficient (Wildman–Crippen LogP) is 7.26. The molecule has 0 fully saturated rings. The van der Waals surface area contributed by atoms with E-state index in [2.05, 4.69) is 47.5 Å². The van der Waals surface area contributed by atoms with Gasteiger partial charge in [-0.05, 0) is 50.2 Å². The highest BCUT2D eigenvalue weighted by Crippen LogP contribution is 2.58. The van der Waals surface area contributed by atoms with Gasteiger partial charge in [-0.3, -0.25) is 10.1 Å². The van der Waals surface area contributed by atoms with Crippen molar-refractivity contribution >= 4 is 41.1 Å². The largest absolute Gasteiger partial charge is 0.317 e. The van der Waals surface area contributed by atoms with E-state index in [9.17, 15) is 10.1 Å². The third kappa shape index (κ3) is 4.08. The molecular formula is C31H26N5O2P. The second kappa shape index (κ2) is 9.86. The van der Waals surface area contributed by atoms with E-state index < -0.39 is 12.1 Å². The van der Waals surface area contributed by atoms with E-state index in [-0.39, 0.29) is 5.69 Å². The van der Waals surface area contributed by atoms with Gasteiger partial charge in [-0.2, -0.15) is 5.10 Å². The molecule has 39 heavy (non-hydrogen) atoms. The number of aromatic nitrogens is 1. The van der Waals surface area contributed by atoms with Crippen LogP contribution in [0.15, 0.2) is 125 Å².